The molecule has 0 saturated carbocycles. The van der Waals surface area contributed by atoms with Gasteiger partial charge in [0.2, 0.25) is 0 Å². The molecule has 0 aliphatic carbocycles. The minimum Gasteiger partial charge on any atom is -0.379 e. The number of rotatable bonds is 5. The summed E-state index contributed by atoms with van der Waals surface area (Å²) in [6.45, 7) is 7.18. The molecule has 2 aliphatic heterocycles. The molecule has 0 spiro atoms. The van der Waals surface area contributed by atoms with Crippen LogP contribution in [0, 0.1) is 6.92 Å². The molecular formula is C23H26N4O3S. The summed E-state index contributed by atoms with van der Waals surface area (Å²) in [7, 11) is 0. The van der Waals surface area contributed by atoms with Gasteiger partial charge in [-0.2, -0.15) is 0 Å². The number of hydrogen-bond donors (Lipinski definition) is 1. The molecule has 5 rings (SSSR count). The number of carbonyl (C=O) groups is 1. The Bertz CT molecular complexity index is 1180. The molecule has 162 valence electrons. The molecule has 1 amide bonds. The number of aromatic nitrogens is 2. The summed E-state index contributed by atoms with van der Waals surface area (Å²) in [5.74, 6) is 0.643. The number of thiophene rings is 1. The van der Waals surface area contributed by atoms with Crippen LogP contribution in [0.2, 0.25) is 0 Å². The fourth-order valence-corrected chi connectivity index (χ4v) is 5.43. The molecule has 8 heteroatoms. The van der Waals surface area contributed by atoms with Gasteiger partial charge in [-0.1, -0.05) is 12.1 Å². The van der Waals surface area contributed by atoms with Crippen molar-refractivity contribution in [3.8, 4) is 0 Å². The van der Waals surface area contributed by atoms with E-state index in [9.17, 15) is 9.59 Å². The van der Waals surface area contributed by atoms with Gasteiger partial charge in [-0.25, -0.2) is 4.98 Å². The second kappa shape index (κ2) is 8.53. The van der Waals surface area contributed by atoms with Crippen LogP contribution in [0.1, 0.15) is 33.0 Å². The molecule has 0 unspecified atom stereocenters. The third kappa shape index (κ3) is 4.03. The molecule has 1 fully saturated rings. The van der Waals surface area contributed by atoms with Gasteiger partial charge >= 0.3 is 0 Å². The summed E-state index contributed by atoms with van der Waals surface area (Å²) in [4.78, 5) is 34.0. The highest BCUT2D eigenvalue weighted by molar-refractivity contribution is 7.20. The lowest BCUT2D eigenvalue weighted by molar-refractivity contribution is 0.0384. The van der Waals surface area contributed by atoms with Gasteiger partial charge in [0, 0.05) is 38.3 Å². The summed E-state index contributed by atoms with van der Waals surface area (Å²) in [5, 5.41) is 3.56. The van der Waals surface area contributed by atoms with E-state index in [2.05, 4.69) is 27.3 Å². The van der Waals surface area contributed by atoms with Crippen LogP contribution in [0.3, 0.4) is 0 Å². The molecular weight excluding hydrogens is 412 g/mol. The monoisotopic (exact) mass is 438 g/mol. The van der Waals surface area contributed by atoms with E-state index in [0.29, 0.717) is 21.6 Å². The Labute approximate surface area is 184 Å². The average molecular weight is 439 g/mol. The zero-order chi connectivity index (χ0) is 21.4. The van der Waals surface area contributed by atoms with Crippen molar-refractivity contribution in [2.75, 3.05) is 38.2 Å². The maximum atomic E-state index is 12.9. The quantitative estimate of drug-likeness (QED) is 0.663. The highest BCUT2D eigenvalue weighted by Gasteiger charge is 2.23. The summed E-state index contributed by atoms with van der Waals surface area (Å²) < 4.78 is 7.14. The molecule has 1 N–H and O–H groups in total. The minimum atomic E-state index is -0.189. The van der Waals surface area contributed by atoms with Gasteiger partial charge < -0.3 is 10.1 Å². The molecule has 4 heterocycles. The number of benzene rings is 1. The Balaban J connectivity index is 1.29. The fraction of sp³-hybridized carbons (Fsp3) is 0.435. The second-order valence-electron chi connectivity index (χ2n) is 8.18. The highest BCUT2D eigenvalue weighted by atomic mass is 32.1. The minimum absolute atomic E-state index is 0.0186. The van der Waals surface area contributed by atoms with Gasteiger partial charge in [0.05, 0.1) is 23.5 Å². The Kier molecular flexibility index (Phi) is 5.60. The molecule has 1 aromatic carbocycles. The molecule has 2 aromatic heterocycles. The molecule has 0 atom stereocenters. The maximum Gasteiger partial charge on any atom is 0.266 e. The van der Waals surface area contributed by atoms with Crippen LogP contribution in [0.15, 0.2) is 29.1 Å². The van der Waals surface area contributed by atoms with Crippen molar-refractivity contribution in [1.29, 1.82) is 0 Å². The lowest BCUT2D eigenvalue weighted by Crippen LogP contribution is -2.37. The topological polar surface area (TPSA) is 76.5 Å². The SMILES string of the molecule is Cc1c(C(=O)Nc2ccc(CCN3CCOCC3)cc2)sc2nc3n(c(=O)c12)CCC3. The van der Waals surface area contributed by atoms with Gasteiger partial charge in [-0.05, 0) is 43.0 Å². The number of anilines is 1. The molecule has 7 nitrogen and oxygen atoms in total. The largest absolute Gasteiger partial charge is 0.379 e. The van der Waals surface area contributed by atoms with E-state index in [1.54, 1.807) is 4.57 Å². The van der Waals surface area contributed by atoms with Crippen LogP contribution in [-0.2, 0) is 24.1 Å². The zero-order valence-corrected chi connectivity index (χ0v) is 18.5. The summed E-state index contributed by atoms with van der Waals surface area (Å²) in [5.41, 5.74) is 2.70. The standard InChI is InChI=1S/C23H26N4O3S/c1-15-19-22(25-18-3-2-9-27(18)23(19)29)31-20(15)21(28)24-17-6-4-16(5-7-17)8-10-26-11-13-30-14-12-26/h4-7H,2-3,8-14H2,1H3,(H,24,28). The first-order valence-corrected chi connectivity index (χ1v) is 11.6. The number of nitrogens with zero attached hydrogens (tertiary/aromatic N) is 3. The van der Waals surface area contributed by atoms with Crippen LogP contribution in [0.25, 0.3) is 10.2 Å². The van der Waals surface area contributed by atoms with Crippen LogP contribution in [0.4, 0.5) is 5.69 Å². The summed E-state index contributed by atoms with van der Waals surface area (Å²) in [6.07, 6.45) is 2.75. The Morgan fingerprint density at radius 1 is 1.19 bits per heavy atom. The van der Waals surface area contributed by atoms with Gasteiger partial charge in [-0.15, -0.1) is 11.3 Å². The first-order chi connectivity index (χ1) is 15.1. The molecule has 31 heavy (non-hydrogen) atoms. The Morgan fingerprint density at radius 2 is 1.97 bits per heavy atom. The van der Waals surface area contributed by atoms with Gasteiger partial charge in [-0.3, -0.25) is 19.1 Å². The molecule has 1 saturated heterocycles. The number of aryl methyl sites for hydroxylation is 2. The predicted molar refractivity (Wildman–Crippen MR) is 122 cm³/mol. The lowest BCUT2D eigenvalue weighted by atomic mass is 10.1. The zero-order valence-electron chi connectivity index (χ0n) is 17.6. The van der Waals surface area contributed by atoms with Crippen molar-refractivity contribution in [3.05, 3.63) is 56.4 Å². The third-order valence-electron chi connectivity index (χ3n) is 6.15. The summed E-state index contributed by atoms with van der Waals surface area (Å²) >= 11 is 1.31. The van der Waals surface area contributed by atoms with Crippen molar-refractivity contribution >= 4 is 33.1 Å². The number of nitrogens with one attached hydrogen (secondary N) is 1. The van der Waals surface area contributed by atoms with Gasteiger partial charge in [0.15, 0.2) is 0 Å². The predicted octanol–water partition coefficient (Wildman–Crippen LogP) is 2.84. The van der Waals surface area contributed by atoms with Crippen molar-refractivity contribution < 1.29 is 9.53 Å². The number of morpholine rings is 1. The molecule has 0 radical (unpaired) electrons. The van der Waals surface area contributed by atoms with Gasteiger partial charge in [0.25, 0.3) is 11.5 Å². The number of hydrogen-bond acceptors (Lipinski definition) is 6. The normalized spacial score (nSPS) is 16.5. The van der Waals surface area contributed by atoms with E-state index < -0.39 is 0 Å². The van der Waals surface area contributed by atoms with Gasteiger partial charge in [0.1, 0.15) is 10.7 Å². The van der Waals surface area contributed by atoms with Crippen molar-refractivity contribution in [2.24, 2.45) is 0 Å². The first-order valence-electron chi connectivity index (χ1n) is 10.8. The number of carbonyl (C=O) groups excluding carboxylic acids is 1. The molecule has 0 bridgehead atoms. The van der Waals surface area contributed by atoms with E-state index in [1.807, 2.05) is 19.1 Å². The van der Waals surface area contributed by atoms with E-state index >= 15 is 0 Å². The van der Waals surface area contributed by atoms with Crippen LogP contribution in [-0.4, -0.2) is 53.2 Å². The molecule has 2 aliphatic rings. The third-order valence-corrected chi connectivity index (χ3v) is 7.33. The van der Waals surface area contributed by atoms with E-state index in [-0.39, 0.29) is 11.5 Å². The Hall–Kier alpha value is -2.55. The van der Waals surface area contributed by atoms with Crippen LogP contribution >= 0.6 is 11.3 Å². The van der Waals surface area contributed by atoms with Crippen molar-refractivity contribution in [3.63, 3.8) is 0 Å². The fourth-order valence-electron chi connectivity index (χ4n) is 4.35. The number of fused-ring (bicyclic) bond motifs is 2. The first kappa shape index (κ1) is 20.4. The van der Waals surface area contributed by atoms with Crippen molar-refractivity contribution in [1.82, 2.24) is 14.5 Å². The summed E-state index contributed by atoms with van der Waals surface area (Å²) in [6, 6.07) is 8.01. The molecule has 3 aromatic rings. The maximum absolute atomic E-state index is 12.9. The smallest absolute Gasteiger partial charge is 0.266 e. The second-order valence-corrected chi connectivity index (χ2v) is 9.18. The van der Waals surface area contributed by atoms with Crippen molar-refractivity contribution in [2.45, 2.75) is 32.7 Å². The van der Waals surface area contributed by atoms with Crippen LogP contribution < -0.4 is 10.9 Å². The Morgan fingerprint density at radius 3 is 2.74 bits per heavy atom. The lowest BCUT2D eigenvalue weighted by Gasteiger charge is -2.26. The van der Waals surface area contributed by atoms with E-state index in [0.717, 1.165) is 69.2 Å². The highest BCUT2D eigenvalue weighted by Crippen LogP contribution is 2.29. The van der Waals surface area contributed by atoms with E-state index in [1.165, 1.54) is 16.9 Å². The number of ether oxygens (including phenoxy) is 1. The average Bonchev–Trinajstić information content (AvgIpc) is 3.39. The number of amides is 1. The van der Waals surface area contributed by atoms with Crippen LogP contribution in [0.5, 0.6) is 0 Å². The van der Waals surface area contributed by atoms with E-state index in [4.69, 9.17) is 4.74 Å².